The van der Waals surface area contributed by atoms with Crippen LogP contribution in [0.25, 0.3) is 0 Å². The fourth-order valence-corrected chi connectivity index (χ4v) is 0.869. The standard InChI is InChI=1S/C7H9N3O3/c1-10-3-2-8-6(10)5(11)4-9-7(12)13/h2-3,9H,4H2,1H3,(H,12,13). The highest BCUT2D eigenvalue weighted by Crippen LogP contribution is 1.94. The first-order valence-corrected chi connectivity index (χ1v) is 3.58. The third-order valence-electron chi connectivity index (χ3n) is 1.47. The Morgan fingerprint density at radius 1 is 1.69 bits per heavy atom. The van der Waals surface area contributed by atoms with Gasteiger partial charge in [0.1, 0.15) is 0 Å². The molecule has 0 radical (unpaired) electrons. The second-order valence-electron chi connectivity index (χ2n) is 2.44. The quantitative estimate of drug-likeness (QED) is 0.639. The normalized spacial score (nSPS) is 9.62. The number of carbonyl (C=O) groups is 2. The Kier molecular flexibility index (Phi) is 2.63. The molecule has 1 aromatic heterocycles. The number of ketones is 1. The van der Waals surface area contributed by atoms with Gasteiger partial charge in [-0.2, -0.15) is 0 Å². The smallest absolute Gasteiger partial charge is 0.405 e. The Labute approximate surface area is 74.2 Å². The minimum absolute atomic E-state index is 0.244. The van der Waals surface area contributed by atoms with Crippen LogP contribution in [0.4, 0.5) is 4.79 Å². The van der Waals surface area contributed by atoms with Crippen LogP contribution in [-0.2, 0) is 7.05 Å². The van der Waals surface area contributed by atoms with Gasteiger partial charge in [-0.3, -0.25) is 4.79 Å². The molecule has 0 aromatic carbocycles. The summed E-state index contributed by atoms with van der Waals surface area (Å²) in [5.74, 6) is -0.108. The van der Waals surface area contributed by atoms with Gasteiger partial charge in [0.2, 0.25) is 5.78 Å². The summed E-state index contributed by atoms with van der Waals surface area (Å²) < 4.78 is 1.53. The molecule has 6 heteroatoms. The Morgan fingerprint density at radius 2 is 2.38 bits per heavy atom. The molecule has 6 nitrogen and oxygen atoms in total. The SMILES string of the molecule is Cn1ccnc1C(=O)CNC(=O)O. The molecule has 1 aromatic rings. The van der Waals surface area contributed by atoms with E-state index in [1.165, 1.54) is 10.8 Å². The lowest BCUT2D eigenvalue weighted by atomic mass is 10.4. The number of amides is 1. The van der Waals surface area contributed by atoms with Crippen LogP contribution in [0.3, 0.4) is 0 Å². The van der Waals surface area contributed by atoms with Crippen LogP contribution >= 0.6 is 0 Å². The number of rotatable bonds is 3. The zero-order valence-electron chi connectivity index (χ0n) is 7.02. The molecular formula is C7H9N3O3. The zero-order chi connectivity index (χ0) is 9.84. The van der Waals surface area contributed by atoms with Crippen molar-refractivity contribution in [1.82, 2.24) is 14.9 Å². The molecule has 0 saturated heterocycles. The van der Waals surface area contributed by atoms with Gasteiger partial charge in [0.05, 0.1) is 6.54 Å². The minimum Gasteiger partial charge on any atom is -0.465 e. The summed E-state index contributed by atoms with van der Waals surface area (Å²) in [4.78, 5) is 25.1. The topological polar surface area (TPSA) is 84.2 Å². The van der Waals surface area contributed by atoms with Gasteiger partial charge < -0.3 is 15.0 Å². The first-order valence-electron chi connectivity index (χ1n) is 3.58. The van der Waals surface area contributed by atoms with E-state index >= 15 is 0 Å². The summed E-state index contributed by atoms with van der Waals surface area (Å²) in [6.45, 7) is -0.250. The van der Waals surface area contributed by atoms with Crippen LogP contribution in [-0.4, -0.2) is 33.1 Å². The third-order valence-corrected chi connectivity index (χ3v) is 1.47. The third kappa shape index (κ3) is 2.29. The number of imidazole rings is 1. The lowest BCUT2D eigenvalue weighted by Gasteiger charge is -2.00. The molecule has 1 rings (SSSR count). The van der Waals surface area contributed by atoms with E-state index in [9.17, 15) is 9.59 Å². The van der Waals surface area contributed by atoms with Gasteiger partial charge in [0.25, 0.3) is 0 Å². The molecule has 0 spiro atoms. The number of nitrogens with zero attached hydrogens (tertiary/aromatic N) is 2. The van der Waals surface area contributed by atoms with Crippen molar-refractivity contribution in [2.45, 2.75) is 0 Å². The van der Waals surface area contributed by atoms with Gasteiger partial charge in [0, 0.05) is 19.4 Å². The zero-order valence-corrected chi connectivity index (χ0v) is 7.02. The van der Waals surface area contributed by atoms with Gasteiger partial charge in [0.15, 0.2) is 5.82 Å². The fraction of sp³-hybridized carbons (Fsp3) is 0.286. The molecule has 0 unspecified atom stereocenters. The molecule has 13 heavy (non-hydrogen) atoms. The van der Waals surface area contributed by atoms with Crippen molar-refractivity contribution in [2.24, 2.45) is 7.05 Å². The average Bonchev–Trinajstić information content (AvgIpc) is 2.47. The van der Waals surface area contributed by atoms with Crippen molar-refractivity contribution in [2.75, 3.05) is 6.54 Å². The van der Waals surface area contributed by atoms with E-state index in [4.69, 9.17) is 5.11 Å². The molecule has 0 bridgehead atoms. The van der Waals surface area contributed by atoms with Gasteiger partial charge in [-0.1, -0.05) is 0 Å². The number of carbonyl (C=O) groups excluding carboxylic acids is 1. The van der Waals surface area contributed by atoms with Crippen molar-refractivity contribution in [3.05, 3.63) is 18.2 Å². The molecule has 0 fully saturated rings. The molecule has 70 valence electrons. The maximum absolute atomic E-state index is 11.2. The van der Waals surface area contributed by atoms with E-state index in [2.05, 4.69) is 4.98 Å². The molecule has 0 aliphatic carbocycles. The van der Waals surface area contributed by atoms with Crippen molar-refractivity contribution < 1.29 is 14.7 Å². The lowest BCUT2D eigenvalue weighted by Crippen LogP contribution is -2.29. The van der Waals surface area contributed by atoms with Gasteiger partial charge in [-0.15, -0.1) is 0 Å². The summed E-state index contributed by atoms with van der Waals surface area (Å²) in [6.07, 6.45) is 1.88. The summed E-state index contributed by atoms with van der Waals surface area (Å²) in [5, 5.41) is 10.2. The summed E-state index contributed by atoms with van der Waals surface area (Å²) in [6, 6.07) is 0. The second-order valence-corrected chi connectivity index (χ2v) is 2.44. The van der Waals surface area contributed by atoms with Crippen LogP contribution in [0.2, 0.25) is 0 Å². The highest BCUT2D eigenvalue weighted by Gasteiger charge is 2.10. The lowest BCUT2D eigenvalue weighted by molar-refractivity contribution is 0.0974. The van der Waals surface area contributed by atoms with Crippen molar-refractivity contribution in [3.8, 4) is 0 Å². The van der Waals surface area contributed by atoms with E-state index in [1.54, 1.807) is 13.2 Å². The summed E-state index contributed by atoms with van der Waals surface area (Å²) >= 11 is 0. The number of hydrogen-bond acceptors (Lipinski definition) is 3. The van der Waals surface area contributed by atoms with E-state index in [1.807, 2.05) is 5.32 Å². The molecule has 0 saturated carbocycles. The van der Waals surface area contributed by atoms with Crippen molar-refractivity contribution in [3.63, 3.8) is 0 Å². The highest BCUT2D eigenvalue weighted by atomic mass is 16.4. The minimum atomic E-state index is -1.22. The Hall–Kier alpha value is -1.85. The number of nitrogens with one attached hydrogen (secondary N) is 1. The predicted molar refractivity (Wildman–Crippen MR) is 43.6 cm³/mol. The number of carboxylic acid groups (broad SMARTS) is 1. The Balaban J connectivity index is 2.59. The van der Waals surface area contributed by atoms with Gasteiger partial charge in [-0.05, 0) is 0 Å². The Morgan fingerprint density at radius 3 is 2.85 bits per heavy atom. The summed E-state index contributed by atoms with van der Waals surface area (Å²) in [5.41, 5.74) is 0. The van der Waals surface area contributed by atoms with Crippen LogP contribution < -0.4 is 5.32 Å². The van der Waals surface area contributed by atoms with E-state index in [0.717, 1.165) is 0 Å². The van der Waals surface area contributed by atoms with Crippen LogP contribution in [0, 0.1) is 0 Å². The number of aromatic nitrogens is 2. The Bertz CT molecular complexity index is 331. The largest absolute Gasteiger partial charge is 0.465 e. The highest BCUT2D eigenvalue weighted by molar-refractivity contribution is 5.95. The van der Waals surface area contributed by atoms with E-state index in [-0.39, 0.29) is 18.2 Å². The maximum atomic E-state index is 11.2. The maximum Gasteiger partial charge on any atom is 0.405 e. The monoisotopic (exact) mass is 183 g/mol. The fourth-order valence-electron chi connectivity index (χ4n) is 0.869. The van der Waals surface area contributed by atoms with Crippen LogP contribution in [0.1, 0.15) is 10.6 Å². The first kappa shape index (κ1) is 9.24. The van der Waals surface area contributed by atoms with Crippen molar-refractivity contribution >= 4 is 11.9 Å². The number of aryl methyl sites for hydroxylation is 1. The number of Topliss-reactive ketones (excluding diaryl/α,β-unsaturated/α-hetero) is 1. The predicted octanol–water partition coefficient (Wildman–Crippen LogP) is -0.130. The molecule has 0 atom stereocenters. The molecule has 1 heterocycles. The average molecular weight is 183 g/mol. The molecule has 2 N–H and O–H groups in total. The first-order chi connectivity index (χ1) is 6.11. The molecule has 0 aliphatic heterocycles. The van der Waals surface area contributed by atoms with Crippen LogP contribution in [0.5, 0.6) is 0 Å². The van der Waals surface area contributed by atoms with E-state index < -0.39 is 6.09 Å². The summed E-state index contributed by atoms with van der Waals surface area (Å²) in [7, 11) is 1.67. The van der Waals surface area contributed by atoms with E-state index in [0.29, 0.717) is 0 Å². The second kappa shape index (κ2) is 3.70. The van der Waals surface area contributed by atoms with Gasteiger partial charge in [-0.25, -0.2) is 9.78 Å². The van der Waals surface area contributed by atoms with Crippen molar-refractivity contribution in [1.29, 1.82) is 0 Å². The van der Waals surface area contributed by atoms with Crippen LogP contribution in [0.15, 0.2) is 12.4 Å². The molecule has 1 amide bonds. The number of hydrogen-bond donors (Lipinski definition) is 2. The molecule has 0 aliphatic rings. The van der Waals surface area contributed by atoms with Gasteiger partial charge >= 0.3 is 6.09 Å². The molecular weight excluding hydrogens is 174 g/mol.